The monoisotopic (exact) mass is 1680 g/mol. The molecule has 16 aromatic rings. The number of fused-ring (bicyclic) bond motifs is 3. The lowest BCUT2D eigenvalue weighted by molar-refractivity contribution is -0.152. The second-order valence-electron chi connectivity index (χ2n) is 28.6. The lowest BCUT2D eigenvalue weighted by Gasteiger charge is -2.07. The second-order valence-corrected chi connectivity index (χ2v) is 28.6. The predicted molar refractivity (Wildman–Crippen MR) is 477 cm³/mol. The van der Waals surface area contributed by atoms with Crippen molar-refractivity contribution in [2.45, 2.75) is 83.5 Å². The fourth-order valence-corrected chi connectivity index (χ4v) is 13.1. The summed E-state index contributed by atoms with van der Waals surface area (Å²) in [6.07, 6.45) is 10.7. The van der Waals surface area contributed by atoms with Gasteiger partial charge in [-0.25, -0.2) is 36.9 Å². The molecule has 0 unspecified atom stereocenters. The number of aliphatic carboxylic acids is 2. The number of hydrogen-bond donors (Lipinski definition) is 8. The molecule has 1 aliphatic rings. The molecule has 9 N–H and O–H groups in total. The second kappa shape index (κ2) is 46.3. The molecule has 1 fully saturated rings. The molecular weight excluding hydrogens is 1590 g/mol. The van der Waals surface area contributed by atoms with Gasteiger partial charge < -0.3 is 46.3 Å². The number of rotatable bonds is 23. The number of cyclic esters (lactones) is 2. The zero-order chi connectivity index (χ0) is 88.2. The highest BCUT2D eigenvalue weighted by atomic mass is 19.1. The van der Waals surface area contributed by atoms with Gasteiger partial charge in [-0.3, -0.25) is 33.6 Å². The van der Waals surface area contributed by atoms with E-state index in [1.165, 1.54) is 30.3 Å². The minimum absolute atomic E-state index is 0.0122. The molecule has 24 heteroatoms. The summed E-state index contributed by atoms with van der Waals surface area (Å²) in [5.41, 5.74) is 24.1. The van der Waals surface area contributed by atoms with E-state index < -0.39 is 23.9 Å². The lowest BCUT2D eigenvalue weighted by atomic mass is 10.0. The Hall–Kier alpha value is -15.6. The lowest BCUT2D eigenvalue weighted by Crippen LogP contribution is -2.11. The first-order valence-electron chi connectivity index (χ1n) is 40.2. The number of aromatic amines is 3. The number of aromatic nitrogens is 6. The number of H-pyrrole nitrogens is 3. The Balaban J connectivity index is 0.000000147. The van der Waals surface area contributed by atoms with Crippen molar-refractivity contribution < 1.29 is 70.5 Å². The largest absolute Gasteiger partial charge is 0.481 e. The van der Waals surface area contributed by atoms with Gasteiger partial charge in [-0.2, -0.15) is 0 Å². The van der Waals surface area contributed by atoms with Gasteiger partial charge in [0.25, 0.3) is 0 Å². The van der Waals surface area contributed by atoms with E-state index in [0.29, 0.717) is 58.2 Å². The van der Waals surface area contributed by atoms with Gasteiger partial charge in [0, 0.05) is 76.1 Å². The third-order valence-electron chi connectivity index (χ3n) is 19.5. The van der Waals surface area contributed by atoms with Crippen LogP contribution in [0.4, 0.5) is 39.0 Å². The fourth-order valence-electron chi connectivity index (χ4n) is 13.1. The number of nitrogens with two attached hydrogens (primary N) is 1. The Morgan fingerprint density at radius 2 is 0.648 bits per heavy atom. The molecule has 0 bridgehead atoms. The smallest absolute Gasteiger partial charge is 0.314 e. The van der Waals surface area contributed by atoms with Gasteiger partial charge in [-0.05, 0) is 168 Å². The molecule has 2 amide bonds. The van der Waals surface area contributed by atoms with Crippen LogP contribution in [0.25, 0.3) is 88.7 Å². The van der Waals surface area contributed by atoms with Gasteiger partial charge in [-0.15, -0.1) is 0 Å². The number of Topliss-reactive ketones (excluding diaryl/α,β-unsaturated/α-hetero) is 1. The Kier molecular flexibility index (Phi) is 33.4. The average molecular weight is 1680 g/mol. The van der Waals surface area contributed by atoms with E-state index in [-0.39, 0.29) is 78.8 Å². The van der Waals surface area contributed by atoms with Crippen molar-refractivity contribution in [1.82, 2.24) is 29.9 Å². The van der Waals surface area contributed by atoms with Crippen LogP contribution in [0.2, 0.25) is 0 Å². The van der Waals surface area contributed by atoms with Crippen LogP contribution in [0.1, 0.15) is 91.3 Å². The Labute approximate surface area is 717 Å². The minimum atomic E-state index is -0.999. The number of ether oxygens (including phenoxy) is 1. The summed E-state index contributed by atoms with van der Waals surface area (Å²) in [7, 11) is 0. The number of carboxylic acids is 2. The van der Waals surface area contributed by atoms with Crippen molar-refractivity contribution in [3.05, 3.63) is 374 Å². The normalized spacial score (nSPS) is 11.1. The number of esters is 2. The standard InChI is InChI=1S/2C23H20FN3O.C16H13FO3.C16H15FO2.C12H9F.C7H7N3.C4H4O3/c2*24-20-6-2-1-5-19(20)17-10-8-16(9-11-17)4-3-7-23(28)27-18-12-13-21-22(14-18)26-15-25-21;17-14-4-2-1-3-13(14)11-5-7-12(8-6-11)15(18)9-10-16(19)20;17-15-6-2-1-5-14(15)13-10-8-12(9-11-13)4-3-7-16(18)19;13-12-9-5-4-8-11(12)10-6-2-1-3-7-10;8-5-1-2-6-7(3-5)10-4-9-6;5-3-1-2-4(6)7-3/h2*1-2,5-6,8-15H,3-4,7H2,(H,25,26)(H,27,28);1-8H,9-10H2,(H,19,20);1-2,5-6,8-11H,3-4,7H2,(H,18,19);1-9H;1-4H,8H2,(H,9,10);1-2H2. The number of hydrogen-bond acceptors (Lipinski definition) is 12. The molecular formula is C101H88F5N9O10. The van der Waals surface area contributed by atoms with Crippen molar-refractivity contribution in [3.8, 4) is 55.6 Å². The van der Waals surface area contributed by atoms with Crippen LogP contribution in [0.5, 0.6) is 0 Å². The number of nitrogens with one attached hydrogen (secondary N) is 5. The molecule has 1 saturated heterocycles. The summed E-state index contributed by atoms with van der Waals surface area (Å²) in [4.78, 5) is 98.3. The number of carboxylic acid groups (broad SMARTS) is 2. The molecule has 0 radical (unpaired) electrons. The van der Waals surface area contributed by atoms with E-state index in [4.69, 9.17) is 15.9 Å². The van der Waals surface area contributed by atoms with Gasteiger partial charge in [0.15, 0.2) is 5.78 Å². The summed E-state index contributed by atoms with van der Waals surface area (Å²) in [5, 5.41) is 22.9. The zero-order valence-electron chi connectivity index (χ0n) is 67.8. The number of carbonyl (C=O) groups excluding carboxylic acids is 5. The van der Waals surface area contributed by atoms with Crippen molar-refractivity contribution >= 4 is 91.6 Å². The number of imidazole rings is 3. The van der Waals surface area contributed by atoms with Crippen molar-refractivity contribution in [1.29, 1.82) is 0 Å². The average Bonchev–Trinajstić information content (AvgIpc) is 1.70. The Bertz CT molecular complexity index is 6090. The zero-order valence-corrected chi connectivity index (χ0v) is 67.8. The number of nitrogens with zero attached hydrogens (tertiary/aromatic N) is 3. The summed E-state index contributed by atoms with van der Waals surface area (Å²) >= 11 is 0. The highest BCUT2D eigenvalue weighted by Gasteiger charge is 2.20. The first kappa shape index (κ1) is 90.2. The maximum Gasteiger partial charge on any atom is 0.314 e. The number of halogens is 5. The van der Waals surface area contributed by atoms with E-state index in [1.807, 2.05) is 176 Å². The number of amides is 2. The number of benzene rings is 13. The molecule has 0 aliphatic carbocycles. The molecule has 0 atom stereocenters. The van der Waals surface area contributed by atoms with Gasteiger partial charge in [0.2, 0.25) is 11.8 Å². The Morgan fingerprint density at radius 1 is 0.344 bits per heavy atom. The fraction of sp³-hybridized carbons (Fsp3) is 0.129. The number of ketones is 1. The van der Waals surface area contributed by atoms with Gasteiger partial charge in [0.05, 0.1) is 71.3 Å². The molecule has 3 aromatic heterocycles. The number of aryl methyl sites for hydroxylation is 3. The maximum absolute atomic E-state index is 13.9. The quantitative estimate of drug-likeness (QED) is 0.00971. The summed E-state index contributed by atoms with van der Waals surface area (Å²) in [6.45, 7) is 0. The molecule has 125 heavy (non-hydrogen) atoms. The van der Waals surface area contributed by atoms with E-state index >= 15 is 0 Å². The topological polar surface area (TPSA) is 305 Å². The number of nitrogen functional groups attached to an aromatic ring is 1. The van der Waals surface area contributed by atoms with E-state index in [9.17, 15) is 55.5 Å². The molecule has 0 saturated carbocycles. The molecule has 632 valence electrons. The van der Waals surface area contributed by atoms with E-state index in [1.54, 1.807) is 116 Å². The third kappa shape index (κ3) is 28.3. The van der Waals surface area contributed by atoms with Crippen LogP contribution in [-0.4, -0.2) is 81.6 Å². The minimum Gasteiger partial charge on any atom is -0.481 e. The first-order valence-corrected chi connectivity index (χ1v) is 40.2. The maximum atomic E-state index is 13.9. The summed E-state index contributed by atoms with van der Waals surface area (Å²) in [5.74, 6) is -4.00. The highest BCUT2D eigenvalue weighted by molar-refractivity contribution is 5.98. The SMILES string of the molecule is Fc1ccccc1-c1ccccc1.Nc1ccc2nc[nH]c2c1.O=C(CCCc1ccc(-c2ccccc2F)cc1)Nc1ccc2nc[nH]c2c1.O=C(CCCc1ccc(-c2ccccc2F)cc1)Nc1ccc2nc[nH]c2c1.O=C(O)CCC(=O)c1ccc(-c2ccccc2F)cc1.O=C(O)CCCc1ccc(-c2ccccc2F)cc1.O=C1CCC(=O)O1. The van der Waals surface area contributed by atoms with Crippen LogP contribution in [-0.2, 0) is 52.8 Å². The number of anilines is 3. The third-order valence-corrected chi connectivity index (χ3v) is 19.5. The molecule has 4 heterocycles. The van der Waals surface area contributed by atoms with Crippen molar-refractivity contribution in [2.24, 2.45) is 0 Å². The van der Waals surface area contributed by atoms with Crippen LogP contribution in [0.15, 0.2) is 322 Å². The molecule has 13 aromatic carbocycles. The highest BCUT2D eigenvalue weighted by Crippen LogP contribution is 2.30. The Morgan fingerprint density at radius 3 is 0.976 bits per heavy atom. The summed E-state index contributed by atoms with van der Waals surface area (Å²) < 4.78 is 72.3. The molecule has 1 aliphatic heterocycles. The van der Waals surface area contributed by atoms with E-state index in [2.05, 4.69) is 45.3 Å². The first-order chi connectivity index (χ1) is 60.6. The molecule has 0 spiro atoms. The van der Waals surface area contributed by atoms with Crippen LogP contribution in [0, 0.1) is 29.1 Å². The van der Waals surface area contributed by atoms with Crippen LogP contribution < -0.4 is 16.4 Å². The predicted octanol–water partition coefficient (Wildman–Crippen LogP) is 22.6. The van der Waals surface area contributed by atoms with Crippen LogP contribution in [0.3, 0.4) is 0 Å². The van der Waals surface area contributed by atoms with E-state index in [0.717, 1.165) is 121 Å². The molecule has 19 nitrogen and oxygen atoms in total. The van der Waals surface area contributed by atoms with Gasteiger partial charge >= 0.3 is 23.9 Å². The van der Waals surface area contributed by atoms with Gasteiger partial charge in [0.1, 0.15) is 29.1 Å². The van der Waals surface area contributed by atoms with Crippen molar-refractivity contribution in [3.63, 3.8) is 0 Å². The number of carbonyl (C=O) groups is 7. The van der Waals surface area contributed by atoms with Gasteiger partial charge in [-0.1, -0.05) is 218 Å². The van der Waals surface area contributed by atoms with Crippen molar-refractivity contribution in [2.75, 3.05) is 16.4 Å². The molecule has 17 rings (SSSR count). The summed E-state index contributed by atoms with van der Waals surface area (Å²) in [6, 6.07) is 89.4. The van der Waals surface area contributed by atoms with Crippen LogP contribution >= 0.6 is 0 Å².